The van der Waals surface area contributed by atoms with Gasteiger partial charge in [0.05, 0.1) is 31.4 Å². The van der Waals surface area contributed by atoms with Gasteiger partial charge in [-0.1, -0.05) is 47.1 Å². The Morgan fingerprint density at radius 2 is 1.97 bits per heavy atom. The predicted octanol–water partition coefficient (Wildman–Crippen LogP) is 3.71. The minimum absolute atomic E-state index is 0.0465. The van der Waals surface area contributed by atoms with Crippen LogP contribution in [0.5, 0.6) is 0 Å². The van der Waals surface area contributed by atoms with Gasteiger partial charge in [0.25, 0.3) is 5.91 Å². The van der Waals surface area contributed by atoms with Crippen LogP contribution in [0.1, 0.15) is 37.3 Å². The molecule has 5 rings (SSSR count). The molecule has 2 saturated heterocycles. The number of ether oxygens (including phenoxy) is 1. The normalized spacial score (nSPS) is 23.6. The molecule has 0 aliphatic carbocycles. The second-order valence-electron chi connectivity index (χ2n) is 10.2. The predicted molar refractivity (Wildman–Crippen MR) is 149 cm³/mol. The van der Waals surface area contributed by atoms with Crippen molar-refractivity contribution in [1.29, 1.82) is 0 Å². The van der Waals surface area contributed by atoms with E-state index < -0.39 is 17.4 Å². The van der Waals surface area contributed by atoms with E-state index in [2.05, 4.69) is 15.9 Å². The molecule has 0 bridgehead atoms. The summed E-state index contributed by atoms with van der Waals surface area (Å²) in [6, 6.07) is 12.6. The smallest absolute Gasteiger partial charge is 0.414 e. The van der Waals surface area contributed by atoms with Gasteiger partial charge in [0, 0.05) is 34.6 Å². The number of halogens is 1. The minimum atomic E-state index is -1.81. The third kappa shape index (κ3) is 5.08. The molecule has 9 nitrogen and oxygen atoms in total. The molecule has 3 aliphatic heterocycles. The lowest BCUT2D eigenvalue weighted by Gasteiger charge is -2.28. The lowest BCUT2D eigenvalue weighted by Crippen LogP contribution is -2.44. The van der Waals surface area contributed by atoms with Crippen molar-refractivity contribution in [3.8, 4) is 0 Å². The number of anilines is 2. The van der Waals surface area contributed by atoms with E-state index in [0.29, 0.717) is 30.9 Å². The number of aliphatic hydroxyl groups excluding tert-OH is 1. The number of nitrogens with zero attached hydrogens (tertiary/aromatic N) is 3. The molecule has 3 amide bonds. The molecule has 39 heavy (non-hydrogen) atoms. The maximum Gasteiger partial charge on any atom is 0.414 e. The number of amides is 3. The lowest BCUT2D eigenvalue weighted by atomic mass is 9.83. The zero-order valence-electron chi connectivity index (χ0n) is 21.8. The molecule has 10 heteroatoms. The third-order valence-corrected chi connectivity index (χ3v) is 8.36. The van der Waals surface area contributed by atoms with Crippen molar-refractivity contribution in [2.45, 2.75) is 44.4 Å². The average Bonchev–Trinajstić information content (AvgIpc) is 3.64. The van der Waals surface area contributed by atoms with Crippen molar-refractivity contribution >= 4 is 45.2 Å². The van der Waals surface area contributed by atoms with E-state index in [1.165, 1.54) is 0 Å². The first-order chi connectivity index (χ1) is 18.7. The molecule has 2 N–H and O–H groups in total. The number of likely N-dealkylation sites (tertiary alicyclic amines) is 1. The van der Waals surface area contributed by atoms with Gasteiger partial charge in [-0.2, -0.15) is 0 Å². The summed E-state index contributed by atoms with van der Waals surface area (Å²) >= 11 is 3.47. The van der Waals surface area contributed by atoms with Gasteiger partial charge in [0.15, 0.2) is 5.60 Å². The van der Waals surface area contributed by atoms with Gasteiger partial charge >= 0.3 is 6.09 Å². The van der Waals surface area contributed by atoms with Gasteiger partial charge < -0.3 is 24.7 Å². The molecule has 2 aromatic carbocycles. The monoisotopic (exact) mass is 597 g/mol. The van der Waals surface area contributed by atoms with Gasteiger partial charge in [0.2, 0.25) is 5.91 Å². The lowest BCUT2D eigenvalue weighted by molar-refractivity contribution is -0.139. The maximum absolute atomic E-state index is 13.8. The van der Waals surface area contributed by atoms with Crippen LogP contribution in [0.25, 0.3) is 0 Å². The molecule has 206 valence electrons. The molecular formula is C29H32BrN3O6. The minimum Gasteiger partial charge on any atom is -0.447 e. The highest BCUT2D eigenvalue weighted by Gasteiger charge is 2.52. The zero-order valence-corrected chi connectivity index (χ0v) is 23.3. The first kappa shape index (κ1) is 27.4. The summed E-state index contributed by atoms with van der Waals surface area (Å²) in [5.74, 6) is -1.12. The van der Waals surface area contributed by atoms with E-state index in [-0.39, 0.29) is 37.6 Å². The molecule has 2 aromatic rings. The van der Waals surface area contributed by atoms with Gasteiger partial charge in [-0.3, -0.25) is 14.5 Å². The van der Waals surface area contributed by atoms with E-state index in [1.807, 2.05) is 36.4 Å². The number of hydrogen-bond donors (Lipinski definition) is 2. The van der Waals surface area contributed by atoms with Crippen LogP contribution in [0, 0.1) is 5.92 Å². The molecule has 0 saturated carbocycles. The zero-order chi connectivity index (χ0) is 27.7. The van der Waals surface area contributed by atoms with Gasteiger partial charge in [-0.25, -0.2) is 4.79 Å². The summed E-state index contributed by atoms with van der Waals surface area (Å²) in [6.07, 6.45) is 4.86. The first-order valence-electron chi connectivity index (χ1n) is 13.2. The number of cyclic esters (lactones) is 1. The van der Waals surface area contributed by atoms with Crippen molar-refractivity contribution in [3.05, 3.63) is 70.2 Å². The Morgan fingerprint density at radius 3 is 2.67 bits per heavy atom. The highest BCUT2D eigenvalue weighted by Crippen LogP contribution is 2.46. The topological polar surface area (TPSA) is 111 Å². The van der Waals surface area contributed by atoms with Crippen LogP contribution in [-0.4, -0.2) is 65.4 Å². The number of benzene rings is 2. The summed E-state index contributed by atoms with van der Waals surface area (Å²) in [5, 5.41) is 21.4. The summed E-state index contributed by atoms with van der Waals surface area (Å²) in [6.45, 7) is 3.45. The SMILES string of the molecule is C[C@@H](/C=C/CC(=O)N1CCC[C@H]1CO)[C@]1(O)C(=O)N(Cc2ccc(N3CCOC3=O)cc2)c2ccc(Br)cc21. The fourth-order valence-corrected chi connectivity index (χ4v) is 6.01. The quantitative estimate of drug-likeness (QED) is 0.449. The number of carbonyl (C=O) groups excluding carboxylic acids is 3. The van der Waals surface area contributed by atoms with Crippen molar-refractivity contribution < 1.29 is 29.3 Å². The average molecular weight is 598 g/mol. The van der Waals surface area contributed by atoms with Crippen LogP contribution >= 0.6 is 15.9 Å². The largest absolute Gasteiger partial charge is 0.447 e. The van der Waals surface area contributed by atoms with Crippen LogP contribution in [0.2, 0.25) is 0 Å². The Hall–Kier alpha value is -3.21. The summed E-state index contributed by atoms with van der Waals surface area (Å²) in [7, 11) is 0. The number of carbonyl (C=O) groups is 3. The summed E-state index contributed by atoms with van der Waals surface area (Å²) < 4.78 is 5.75. The Labute approximate surface area is 235 Å². The molecule has 0 radical (unpaired) electrons. The molecule has 0 spiro atoms. The second kappa shape index (κ2) is 11.1. The Morgan fingerprint density at radius 1 is 1.21 bits per heavy atom. The van der Waals surface area contributed by atoms with E-state index in [9.17, 15) is 24.6 Å². The number of aliphatic hydroxyl groups is 2. The van der Waals surface area contributed by atoms with Crippen LogP contribution in [-0.2, 0) is 26.5 Å². The fraction of sp³-hybridized carbons (Fsp3) is 0.414. The Bertz CT molecular complexity index is 1300. The Balaban J connectivity index is 1.34. The molecule has 0 aromatic heterocycles. The van der Waals surface area contributed by atoms with E-state index >= 15 is 0 Å². The fourth-order valence-electron chi connectivity index (χ4n) is 5.65. The van der Waals surface area contributed by atoms with Crippen LogP contribution < -0.4 is 9.80 Å². The van der Waals surface area contributed by atoms with E-state index in [0.717, 1.165) is 28.6 Å². The van der Waals surface area contributed by atoms with Crippen LogP contribution in [0.3, 0.4) is 0 Å². The van der Waals surface area contributed by atoms with Crippen LogP contribution in [0.15, 0.2) is 59.1 Å². The second-order valence-corrected chi connectivity index (χ2v) is 11.2. The molecular weight excluding hydrogens is 566 g/mol. The van der Waals surface area contributed by atoms with E-state index in [4.69, 9.17) is 4.74 Å². The Kier molecular flexibility index (Phi) is 7.80. The highest BCUT2D eigenvalue weighted by molar-refractivity contribution is 9.10. The first-order valence-corrected chi connectivity index (χ1v) is 14.0. The van der Waals surface area contributed by atoms with Crippen molar-refractivity contribution in [2.24, 2.45) is 5.92 Å². The van der Waals surface area contributed by atoms with Gasteiger partial charge in [-0.15, -0.1) is 0 Å². The highest BCUT2D eigenvalue weighted by atomic mass is 79.9. The number of rotatable bonds is 8. The molecule has 3 heterocycles. The van der Waals surface area contributed by atoms with Crippen molar-refractivity contribution in [2.75, 3.05) is 36.1 Å². The standard InChI is InChI=1S/C29H32BrN3O6/c1-19(4-2-6-26(35)31-13-3-5-23(31)18-34)29(38)24-16-21(30)9-12-25(24)33(27(29)36)17-20-7-10-22(11-8-20)32-14-15-39-28(32)37/h2,4,7-12,16,19,23,34,38H,3,5-6,13-15,17-18H2,1H3/b4-2+/t19-,23-,29+/m0/s1. The summed E-state index contributed by atoms with van der Waals surface area (Å²) in [5.41, 5.74) is 0.885. The third-order valence-electron chi connectivity index (χ3n) is 7.87. The molecule has 3 aliphatic rings. The summed E-state index contributed by atoms with van der Waals surface area (Å²) in [4.78, 5) is 43.2. The van der Waals surface area contributed by atoms with Gasteiger partial charge in [-0.05, 0) is 48.7 Å². The molecule has 2 fully saturated rings. The van der Waals surface area contributed by atoms with Crippen molar-refractivity contribution in [1.82, 2.24) is 4.90 Å². The molecule has 0 unspecified atom stereocenters. The molecule has 3 atom stereocenters. The van der Waals surface area contributed by atoms with Crippen molar-refractivity contribution in [3.63, 3.8) is 0 Å². The number of hydrogen-bond acceptors (Lipinski definition) is 6. The van der Waals surface area contributed by atoms with Crippen LogP contribution in [0.4, 0.5) is 16.2 Å². The maximum atomic E-state index is 13.8. The number of fused-ring (bicyclic) bond motifs is 1. The van der Waals surface area contributed by atoms with Gasteiger partial charge in [0.1, 0.15) is 6.61 Å². The van der Waals surface area contributed by atoms with E-state index in [1.54, 1.807) is 39.8 Å².